The lowest BCUT2D eigenvalue weighted by molar-refractivity contribution is -0.137. The molecule has 1 aromatic rings. The van der Waals surface area contributed by atoms with Gasteiger partial charge < -0.3 is 14.5 Å². The van der Waals surface area contributed by atoms with Gasteiger partial charge in [-0.3, -0.25) is 4.98 Å². The first kappa shape index (κ1) is 19.9. The number of hydrogen-bond donors (Lipinski definition) is 0. The van der Waals surface area contributed by atoms with Gasteiger partial charge in [0, 0.05) is 62.5 Å². The zero-order valence-corrected chi connectivity index (χ0v) is 16.5. The first-order valence-corrected chi connectivity index (χ1v) is 10.1. The van der Waals surface area contributed by atoms with Crippen molar-refractivity contribution in [2.45, 2.75) is 19.8 Å². The van der Waals surface area contributed by atoms with Crippen molar-refractivity contribution in [1.29, 1.82) is 0 Å². The van der Waals surface area contributed by atoms with Crippen molar-refractivity contribution in [2.75, 3.05) is 37.7 Å². The van der Waals surface area contributed by atoms with Crippen LogP contribution in [-0.2, 0) is 9.53 Å². The Bertz CT molecular complexity index is 728. The van der Waals surface area contributed by atoms with Gasteiger partial charge in [-0.15, -0.1) is 0 Å². The SMILES string of the molecule is CCCCOC(=O)/C=C/C1C=CC(=CN2CCN(c3ccncc3)CC2)C=C1. The number of anilines is 1. The number of rotatable bonds is 7. The molecule has 1 saturated heterocycles. The minimum Gasteiger partial charge on any atom is -0.463 e. The molecule has 1 aliphatic carbocycles. The molecule has 0 unspecified atom stereocenters. The summed E-state index contributed by atoms with van der Waals surface area (Å²) in [7, 11) is 0. The van der Waals surface area contributed by atoms with Gasteiger partial charge in [-0.05, 0) is 24.1 Å². The summed E-state index contributed by atoms with van der Waals surface area (Å²) in [4.78, 5) is 20.5. The summed E-state index contributed by atoms with van der Waals surface area (Å²) in [6.45, 7) is 6.59. The number of carbonyl (C=O) groups excluding carboxylic acids is 1. The number of piperazine rings is 1. The van der Waals surface area contributed by atoms with Crippen molar-refractivity contribution in [1.82, 2.24) is 9.88 Å². The van der Waals surface area contributed by atoms with Gasteiger partial charge in [-0.1, -0.05) is 43.7 Å². The third-order valence-corrected chi connectivity index (χ3v) is 4.89. The van der Waals surface area contributed by atoms with Gasteiger partial charge in [0.2, 0.25) is 0 Å². The highest BCUT2D eigenvalue weighted by molar-refractivity contribution is 5.82. The summed E-state index contributed by atoms with van der Waals surface area (Å²) in [6, 6.07) is 4.13. The molecule has 0 N–H and O–H groups in total. The predicted molar refractivity (Wildman–Crippen MR) is 113 cm³/mol. The van der Waals surface area contributed by atoms with Crippen molar-refractivity contribution < 1.29 is 9.53 Å². The second kappa shape index (κ2) is 10.5. The summed E-state index contributed by atoms with van der Waals surface area (Å²) in [6.07, 6.45) is 19.7. The third-order valence-electron chi connectivity index (χ3n) is 4.89. The molecule has 0 aromatic carbocycles. The molecule has 5 heteroatoms. The predicted octanol–water partition coefficient (Wildman–Crippen LogP) is 3.73. The van der Waals surface area contributed by atoms with Crippen molar-refractivity contribution in [3.05, 3.63) is 72.8 Å². The van der Waals surface area contributed by atoms with E-state index in [1.54, 1.807) is 0 Å². The third kappa shape index (κ3) is 6.12. The average molecular weight is 380 g/mol. The van der Waals surface area contributed by atoms with Gasteiger partial charge in [-0.2, -0.15) is 0 Å². The van der Waals surface area contributed by atoms with Crippen LogP contribution in [0, 0.1) is 5.92 Å². The van der Waals surface area contributed by atoms with Crippen molar-refractivity contribution in [3.8, 4) is 0 Å². The van der Waals surface area contributed by atoms with E-state index in [4.69, 9.17) is 4.74 Å². The van der Waals surface area contributed by atoms with E-state index in [-0.39, 0.29) is 11.9 Å². The van der Waals surface area contributed by atoms with Crippen LogP contribution < -0.4 is 4.90 Å². The molecule has 3 rings (SSSR count). The largest absolute Gasteiger partial charge is 0.463 e. The van der Waals surface area contributed by atoms with E-state index < -0.39 is 0 Å². The zero-order valence-electron chi connectivity index (χ0n) is 16.5. The number of ether oxygens (including phenoxy) is 1. The van der Waals surface area contributed by atoms with Crippen LogP contribution in [0.5, 0.6) is 0 Å². The molecule has 1 aliphatic heterocycles. The smallest absolute Gasteiger partial charge is 0.330 e. The van der Waals surface area contributed by atoms with Crippen LogP contribution in [0.15, 0.2) is 72.8 Å². The maximum Gasteiger partial charge on any atom is 0.330 e. The topological polar surface area (TPSA) is 45.7 Å². The first-order chi connectivity index (χ1) is 13.7. The van der Waals surface area contributed by atoms with Gasteiger partial charge in [0.1, 0.15) is 0 Å². The highest BCUT2D eigenvalue weighted by Gasteiger charge is 2.15. The van der Waals surface area contributed by atoms with Crippen LogP contribution in [0.25, 0.3) is 0 Å². The van der Waals surface area contributed by atoms with E-state index in [0.29, 0.717) is 6.61 Å². The van der Waals surface area contributed by atoms with Gasteiger partial charge in [0.05, 0.1) is 6.61 Å². The summed E-state index contributed by atoms with van der Waals surface area (Å²) in [5, 5.41) is 0. The Hall–Kier alpha value is -2.82. The molecule has 148 valence electrons. The molecule has 0 spiro atoms. The Morgan fingerprint density at radius 2 is 1.89 bits per heavy atom. The molecule has 5 nitrogen and oxygen atoms in total. The molecule has 2 aliphatic rings. The maximum absolute atomic E-state index is 11.6. The van der Waals surface area contributed by atoms with E-state index in [0.717, 1.165) is 39.0 Å². The summed E-state index contributed by atoms with van der Waals surface area (Å²) in [5.74, 6) is -0.122. The standard InChI is InChI=1S/C23H29N3O2/c1-2-3-18-28-23(27)9-8-20-4-6-21(7-5-20)19-25-14-16-26(17-15-25)22-10-12-24-13-11-22/h4-13,19-20H,2-3,14-18H2,1H3/b9-8+,21-19?. The number of nitrogens with zero attached hydrogens (tertiary/aromatic N) is 3. The molecular weight excluding hydrogens is 350 g/mol. The van der Waals surface area contributed by atoms with Gasteiger partial charge in [0.25, 0.3) is 0 Å². The molecule has 1 fully saturated rings. The molecule has 28 heavy (non-hydrogen) atoms. The number of pyridine rings is 1. The van der Waals surface area contributed by atoms with Gasteiger partial charge in [0.15, 0.2) is 0 Å². The number of unbranched alkanes of at least 4 members (excludes halogenated alkanes) is 1. The zero-order chi connectivity index (χ0) is 19.6. The average Bonchev–Trinajstić information content (AvgIpc) is 2.75. The molecule has 0 atom stereocenters. The van der Waals surface area contributed by atoms with E-state index in [2.05, 4.69) is 64.3 Å². The number of esters is 1. The van der Waals surface area contributed by atoms with Crippen LogP contribution in [0.1, 0.15) is 19.8 Å². The highest BCUT2D eigenvalue weighted by Crippen LogP contribution is 2.18. The second-order valence-electron chi connectivity index (χ2n) is 7.03. The molecule has 0 amide bonds. The van der Waals surface area contributed by atoms with E-state index in [1.807, 2.05) is 18.5 Å². The Balaban J connectivity index is 1.44. The first-order valence-electron chi connectivity index (χ1n) is 10.1. The lowest BCUT2D eigenvalue weighted by Crippen LogP contribution is -2.44. The van der Waals surface area contributed by atoms with Crippen molar-refractivity contribution >= 4 is 11.7 Å². The Labute approximate surface area is 167 Å². The fourth-order valence-electron chi connectivity index (χ4n) is 3.21. The fourth-order valence-corrected chi connectivity index (χ4v) is 3.21. The number of hydrogen-bond acceptors (Lipinski definition) is 5. The molecule has 0 radical (unpaired) electrons. The van der Waals surface area contributed by atoms with Crippen LogP contribution >= 0.6 is 0 Å². The van der Waals surface area contributed by atoms with Gasteiger partial charge in [-0.25, -0.2) is 4.79 Å². The van der Waals surface area contributed by atoms with Crippen molar-refractivity contribution in [3.63, 3.8) is 0 Å². The monoisotopic (exact) mass is 379 g/mol. The molecule has 1 aromatic heterocycles. The Morgan fingerprint density at radius 1 is 1.18 bits per heavy atom. The minimum atomic E-state index is -0.261. The lowest BCUT2D eigenvalue weighted by atomic mass is 10.00. The molecular formula is C23H29N3O2. The van der Waals surface area contributed by atoms with E-state index in [1.165, 1.54) is 17.3 Å². The Kier molecular flexibility index (Phi) is 7.47. The maximum atomic E-state index is 11.6. The van der Waals surface area contributed by atoms with Crippen LogP contribution in [-0.4, -0.2) is 48.6 Å². The summed E-state index contributed by atoms with van der Waals surface area (Å²) in [5.41, 5.74) is 2.43. The van der Waals surface area contributed by atoms with Crippen LogP contribution in [0.2, 0.25) is 0 Å². The van der Waals surface area contributed by atoms with Crippen molar-refractivity contribution in [2.24, 2.45) is 5.92 Å². The number of aromatic nitrogens is 1. The lowest BCUT2D eigenvalue weighted by Gasteiger charge is -2.35. The number of allylic oxidation sites excluding steroid dienone is 6. The minimum absolute atomic E-state index is 0.138. The van der Waals surface area contributed by atoms with Crippen LogP contribution in [0.4, 0.5) is 5.69 Å². The second-order valence-corrected chi connectivity index (χ2v) is 7.03. The normalized spacial score (nSPS) is 19.3. The Morgan fingerprint density at radius 3 is 2.57 bits per heavy atom. The van der Waals surface area contributed by atoms with Crippen LogP contribution in [0.3, 0.4) is 0 Å². The van der Waals surface area contributed by atoms with E-state index in [9.17, 15) is 4.79 Å². The highest BCUT2D eigenvalue weighted by atomic mass is 16.5. The summed E-state index contributed by atoms with van der Waals surface area (Å²) < 4.78 is 5.14. The molecule has 0 bridgehead atoms. The summed E-state index contributed by atoms with van der Waals surface area (Å²) >= 11 is 0. The quantitative estimate of drug-likeness (QED) is 0.410. The fraction of sp³-hybridized carbons (Fsp3) is 0.391. The molecule has 0 saturated carbocycles. The molecule has 2 heterocycles. The van der Waals surface area contributed by atoms with E-state index >= 15 is 0 Å². The number of carbonyl (C=O) groups is 1. The van der Waals surface area contributed by atoms with Gasteiger partial charge >= 0.3 is 5.97 Å².